The fraction of sp³-hybridized carbons (Fsp3) is 0.613. The maximum Gasteiger partial charge on any atom is 0.237 e. The van der Waals surface area contributed by atoms with Crippen LogP contribution < -0.4 is 15.4 Å². The lowest BCUT2D eigenvalue weighted by molar-refractivity contribution is -0.132. The molecule has 0 radical (unpaired) electrons. The minimum Gasteiger partial charge on any atom is -0.488 e. The number of ketones is 2. The van der Waals surface area contributed by atoms with Gasteiger partial charge in [-0.25, -0.2) is 4.98 Å². The van der Waals surface area contributed by atoms with E-state index in [0.29, 0.717) is 17.0 Å². The van der Waals surface area contributed by atoms with Gasteiger partial charge in [0.25, 0.3) is 0 Å². The molecule has 2 saturated carbocycles. The van der Waals surface area contributed by atoms with Crippen LogP contribution >= 0.6 is 11.3 Å². The molecule has 2 aliphatic carbocycles. The zero-order valence-corrected chi connectivity index (χ0v) is 24.7. The lowest BCUT2D eigenvalue weighted by Crippen LogP contribution is -2.53. The summed E-state index contributed by atoms with van der Waals surface area (Å²) in [6, 6.07) is 6.39. The van der Waals surface area contributed by atoms with Crippen LogP contribution in [0.1, 0.15) is 106 Å². The summed E-state index contributed by atoms with van der Waals surface area (Å²) in [7, 11) is 1.75. The Morgan fingerprint density at radius 3 is 2.49 bits per heavy atom. The number of nitrogens with one attached hydrogen (secondary N) is 2. The summed E-state index contributed by atoms with van der Waals surface area (Å²) in [5, 5.41) is 8.75. The summed E-state index contributed by atoms with van der Waals surface area (Å²) in [5.41, 5.74) is 0.576. The highest BCUT2D eigenvalue weighted by Gasteiger charge is 2.42. The van der Waals surface area contributed by atoms with Crippen LogP contribution in [0.25, 0.3) is 0 Å². The van der Waals surface area contributed by atoms with Crippen LogP contribution in [0.2, 0.25) is 0 Å². The maximum absolute atomic E-state index is 14.0. The number of aromatic nitrogens is 1. The van der Waals surface area contributed by atoms with Crippen LogP contribution in [0, 0.1) is 11.8 Å². The molecule has 4 atom stereocenters. The Hall–Kier alpha value is -2.58. The number of benzene rings is 1. The number of carbonyl (C=O) groups excluding carboxylic acids is 3. The van der Waals surface area contributed by atoms with Gasteiger partial charge in [0.15, 0.2) is 5.78 Å². The minimum atomic E-state index is -0.467. The Labute approximate surface area is 236 Å². The quantitative estimate of drug-likeness (QED) is 0.368. The second-order valence-corrected chi connectivity index (χ2v) is 13.0. The van der Waals surface area contributed by atoms with Crippen molar-refractivity contribution in [2.24, 2.45) is 11.8 Å². The number of thiazole rings is 1. The summed E-state index contributed by atoms with van der Waals surface area (Å²) in [5.74, 6) is 0.465. The van der Waals surface area contributed by atoms with Gasteiger partial charge in [0.05, 0.1) is 17.1 Å². The molecule has 0 bridgehead atoms. The topological polar surface area (TPSA) is 97.4 Å². The third-order valence-electron chi connectivity index (χ3n) is 8.03. The number of likely N-dealkylation sites (N-methyl/N-ethyl adjacent to an activating group) is 1. The molecule has 1 amide bonds. The SMILES string of the molecule is CN[C@@H](C)C(=O)N[C@H](C(=O)C1CCC[C@H]1c1nc(C(=O)c2cccc(OC(C)(C)C)c2)cs1)C1CCCCC1. The zero-order chi connectivity index (χ0) is 28.2. The average Bonchev–Trinajstić information content (AvgIpc) is 3.60. The molecule has 1 heterocycles. The molecule has 39 heavy (non-hydrogen) atoms. The van der Waals surface area contributed by atoms with E-state index in [0.717, 1.165) is 50.0 Å². The smallest absolute Gasteiger partial charge is 0.237 e. The maximum atomic E-state index is 14.0. The first-order chi connectivity index (χ1) is 18.6. The molecule has 2 aromatic rings. The predicted octanol–water partition coefficient (Wildman–Crippen LogP) is 5.68. The Balaban J connectivity index is 1.52. The number of Topliss-reactive ketones (excluding diaryl/α,β-unsaturated/α-hetero) is 1. The summed E-state index contributed by atoms with van der Waals surface area (Å²) in [6.45, 7) is 7.73. The van der Waals surface area contributed by atoms with Gasteiger partial charge in [-0.1, -0.05) is 37.8 Å². The highest BCUT2D eigenvalue weighted by Crippen LogP contribution is 2.43. The molecule has 4 rings (SSSR count). The van der Waals surface area contributed by atoms with E-state index in [1.54, 1.807) is 19.2 Å². The molecule has 2 fully saturated rings. The van der Waals surface area contributed by atoms with Crippen molar-refractivity contribution in [1.29, 1.82) is 0 Å². The van der Waals surface area contributed by atoms with Gasteiger partial charge in [0, 0.05) is 22.8 Å². The van der Waals surface area contributed by atoms with Gasteiger partial charge < -0.3 is 15.4 Å². The second-order valence-electron chi connectivity index (χ2n) is 12.1. The normalized spacial score (nSPS) is 21.8. The Bertz CT molecular complexity index is 1160. The van der Waals surface area contributed by atoms with E-state index in [4.69, 9.17) is 9.72 Å². The minimum absolute atomic E-state index is 0.0238. The molecule has 8 heteroatoms. The molecule has 212 valence electrons. The molecule has 1 aromatic heterocycles. The highest BCUT2D eigenvalue weighted by atomic mass is 32.1. The van der Waals surface area contributed by atoms with Gasteiger partial charge >= 0.3 is 0 Å². The van der Waals surface area contributed by atoms with E-state index < -0.39 is 6.04 Å². The number of nitrogens with zero attached hydrogens (tertiary/aromatic N) is 1. The van der Waals surface area contributed by atoms with Crippen molar-refractivity contribution in [2.75, 3.05) is 7.05 Å². The molecule has 0 saturated heterocycles. The third kappa shape index (κ3) is 7.34. The van der Waals surface area contributed by atoms with Crippen LogP contribution in [0.5, 0.6) is 5.75 Å². The lowest BCUT2D eigenvalue weighted by atomic mass is 9.77. The van der Waals surface area contributed by atoms with Crippen molar-refractivity contribution in [3.63, 3.8) is 0 Å². The first kappa shape index (κ1) is 29.4. The Kier molecular flexibility index (Phi) is 9.60. The fourth-order valence-electron chi connectivity index (χ4n) is 5.89. The summed E-state index contributed by atoms with van der Waals surface area (Å²) < 4.78 is 5.94. The standard InChI is InChI=1S/C31H43N3O4S/c1-19(32-5)29(37)34-26(20-11-7-6-8-12-20)28(36)23-15-10-16-24(23)30-33-25(18-39-30)27(35)21-13-9-14-22(17-21)38-31(2,3)4/h9,13-14,17-20,23-24,26,32H,6-8,10-12,15-16H2,1-5H3,(H,34,37)/t19-,23?,24+,26-/m0/s1. The van der Waals surface area contributed by atoms with Gasteiger partial charge in [0.2, 0.25) is 11.7 Å². The van der Waals surface area contributed by atoms with E-state index in [-0.39, 0.29) is 46.9 Å². The third-order valence-corrected chi connectivity index (χ3v) is 9.00. The van der Waals surface area contributed by atoms with Crippen LogP contribution in [0.15, 0.2) is 29.6 Å². The molecule has 2 aliphatic rings. The van der Waals surface area contributed by atoms with Crippen molar-refractivity contribution in [2.45, 2.75) is 103 Å². The lowest BCUT2D eigenvalue weighted by Gasteiger charge is -2.33. The number of carbonyl (C=O) groups is 3. The van der Waals surface area contributed by atoms with Gasteiger partial charge in [0.1, 0.15) is 17.0 Å². The fourth-order valence-corrected chi connectivity index (χ4v) is 6.89. The van der Waals surface area contributed by atoms with Gasteiger partial charge in [-0.15, -0.1) is 11.3 Å². The van der Waals surface area contributed by atoms with E-state index in [2.05, 4.69) is 10.6 Å². The first-order valence-electron chi connectivity index (χ1n) is 14.4. The molecular formula is C31H43N3O4S. The van der Waals surface area contributed by atoms with Gasteiger partial charge in [-0.3, -0.25) is 14.4 Å². The molecular weight excluding hydrogens is 510 g/mol. The largest absolute Gasteiger partial charge is 0.488 e. The first-order valence-corrected chi connectivity index (χ1v) is 15.3. The van der Waals surface area contributed by atoms with Crippen LogP contribution in [-0.4, -0.2) is 47.2 Å². The van der Waals surface area contributed by atoms with Crippen molar-refractivity contribution in [1.82, 2.24) is 15.6 Å². The molecule has 2 N–H and O–H groups in total. The highest BCUT2D eigenvalue weighted by molar-refractivity contribution is 7.10. The second kappa shape index (κ2) is 12.7. The molecule has 1 aromatic carbocycles. The van der Waals surface area contributed by atoms with E-state index in [1.807, 2.05) is 45.2 Å². The molecule has 7 nitrogen and oxygen atoms in total. The Morgan fingerprint density at radius 1 is 1.05 bits per heavy atom. The predicted molar refractivity (Wildman–Crippen MR) is 154 cm³/mol. The van der Waals surface area contributed by atoms with Crippen molar-refractivity contribution in [3.8, 4) is 5.75 Å². The summed E-state index contributed by atoms with van der Waals surface area (Å²) >= 11 is 1.46. The number of rotatable bonds is 10. The van der Waals surface area contributed by atoms with E-state index in [9.17, 15) is 14.4 Å². The molecule has 0 aliphatic heterocycles. The van der Waals surface area contributed by atoms with Crippen LogP contribution in [-0.2, 0) is 9.59 Å². The van der Waals surface area contributed by atoms with Gasteiger partial charge in [-0.05, 0) is 78.5 Å². The number of hydrogen-bond acceptors (Lipinski definition) is 7. The average molecular weight is 554 g/mol. The monoisotopic (exact) mass is 553 g/mol. The number of amides is 1. The molecule has 1 unspecified atom stereocenters. The summed E-state index contributed by atoms with van der Waals surface area (Å²) in [6.07, 6.45) is 7.91. The number of hydrogen-bond donors (Lipinski definition) is 2. The van der Waals surface area contributed by atoms with Crippen LogP contribution in [0.4, 0.5) is 0 Å². The summed E-state index contributed by atoms with van der Waals surface area (Å²) in [4.78, 5) is 44.9. The number of ether oxygens (including phenoxy) is 1. The van der Waals surface area contributed by atoms with Crippen molar-refractivity contribution >= 4 is 28.8 Å². The molecule has 0 spiro atoms. The van der Waals surface area contributed by atoms with Crippen LogP contribution in [0.3, 0.4) is 0 Å². The van der Waals surface area contributed by atoms with E-state index >= 15 is 0 Å². The van der Waals surface area contributed by atoms with Gasteiger partial charge in [-0.2, -0.15) is 0 Å². The van der Waals surface area contributed by atoms with Crippen molar-refractivity contribution in [3.05, 3.63) is 45.9 Å². The van der Waals surface area contributed by atoms with Crippen molar-refractivity contribution < 1.29 is 19.1 Å². The Morgan fingerprint density at radius 2 is 1.79 bits per heavy atom. The zero-order valence-electron chi connectivity index (χ0n) is 23.9. The van der Waals surface area contributed by atoms with E-state index in [1.165, 1.54) is 17.8 Å².